The number of furan rings is 1. The van der Waals surface area contributed by atoms with Crippen LogP contribution in [0.2, 0.25) is 0 Å². The number of aromatic amines is 1. The Hall–Kier alpha value is -2.01. The van der Waals surface area contributed by atoms with Crippen molar-refractivity contribution in [2.24, 2.45) is 0 Å². The molecule has 3 N–H and O–H groups in total. The molecule has 102 valence electrons. The smallest absolute Gasteiger partial charge is 0.153 e. The number of aryl methyl sites for hydroxylation is 1. The Morgan fingerprint density at radius 1 is 1.25 bits per heavy atom. The van der Waals surface area contributed by atoms with Gasteiger partial charge in [-0.15, -0.1) is 0 Å². The van der Waals surface area contributed by atoms with E-state index < -0.39 is 0 Å². The van der Waals surface area contributed by atoms with Crippen LogP contribution in [0, 0.1) is 0 Å². The van der Waals surface area contributed by atoms with Gasteiger partial charge in [-0.25, -0.2) is 0 Å². The zero-order valence-corrected chi connectivity index (χ0v) is 12.6. The lowest BCUT2D eigenvalue weighted by Gasteiger charge is -2.06. The first-order valence-electron chi connectivity index (χ1n) is 6.37. The lowest BCUT2D eigenvalue weighted by molar-refractivity contribution is 0.517. The van der Waals surface area contributed by atoms with Gasteiger partial charge in [0.05, 0.1) is 17.5 Å². The maximum absolute atomic E-state index is 6.05. The topological polar surface area (TPSA) is 67.8 Å². The van der Waals surface area contributed by atoms with Gasteiger partial charge in [-0.05, 0) is 12.1 Å². The molecular formula is C15H14BrN3O. The van der Waals surface area contributed by atoms with Crippen molar-refractivity contribution in [2.45, 2.75) is 13.3 Å². The zero-order valence-electron chi connectivity index (χ0n) is 11.0. The number of rotatable bonds is 3. The van der Waals surface area contributed by atoms with E-state index in [2.05, 4.69) is 33.1 Å². The molecule has 4 nitrogen and oxygen atoms in total. The van der Waals surface area contributed by atoms with Crippen molar-refractivity contribution in [3.05, 3.63) is 46.8 Å². The third kappa shape index (κ3) is 2.04. The van der Waals surface area contributed by atoms with E-state index in [0.29, 0.717) is 5.82 Å². The number of H-pyrrole nitrogens is 1. The van der Waals surface area contributed by atoms with Gasteiger partial charge in [0.15, 0.2) is 5.82 Å². The normalized spacial score (nSPS) is 10.9. The SMILES string of the molecule is CCc1occc1-c1[nH]nc(N)c1-c1ccccc1Br. The molecule has 3 aromatic rings. The molecule has 5 heteroatoms. The lowest BCUT2D eigenvalue weighted by Crippen LogP contribution is -1.90. The zero-order chi connectivity index (χ0) is 14.1. The summed E-state index contributed by atoms with van der Waals surface area (Å²) in [5.41, 5.74) is 9.85. The molecule has 0 aliphatic carbocycles. The van der Waals surface area contributed by atoms with Crippen LogP contribution in [0.1, 0.15) is 12.7 Å². The average Bonchev–Trinajstić information content (AvgIpc) is 3.05. The summed E-state index contributed by atoms with van der Waals surface area (Å²) in [4.78, 5) is 0. The Morgan fingerprint density at radius 3 is 2.80 bits per heavy atom. The number of nitrogens with two attached hydrogens (primary N) is 1. The van der Waals surface area contributed by atoms with E-state index in [1.165, 1.54) is 0 Å². The molecular weight excluding hydrogens is 318 g/mol. The monoisotopic (exact) mass is 331 g/mol. The number of hydrogen-bond donors (Lipinski definition) is 2. The number of anilines is 1. The average molecular weight is 332 g/mol. The summed E-state index contributed by atoms with van der Waals surface area (Å²) in [5, 5.41) is 7.18. The molecule has 0 unspecified atom stereocenters. The third-order valence-corrected chi connectivity index (χ3v) is 3.96. The molecule has 2 heterocycles. The largest absolute Gasteiger partial charge is 0.469 e. The van der Waals surface area contributed by atoms with E-state index in [0.717, 1.165) is 39.0 Å². The number of nitrogens with one attached hydrogen (secondary N) is 1. The van der Waals surface area contributed by atoms with Crippen LogP contribution in [-0.4, -0.2) is 10.2 Å². The highest BCUT2D eigenvalue weighted by atomic mass is 79.9. The molecule has 20 heavy (non-hydrogen) atoms. The van der Waals surface area contributed by atoms with Gasteiger partial charge in [0.25, 0.3) is 0 Å². The van der Waals surface area contributed by atoms with Gasteiger partial charge < -0.3 is 10.2 Å². The Labute approximate surface area is 125 Å². The molecule has 0 atom stereocenters. The van der Waals surface area contributed by atoms with E-state index in [4.69, 9.17) is 10.2 Å². The van der Waals surface area contributed by atoms with Gasteiger partial charge in [-0.2, -0.15) is 5.10 Å². The van der Waals surface area contributed by atoms with Gasteiger partial charge >= 0.3 is 0 Å². The highest BCUT2D eigenvalue weighted by molar-refractivity contribution is 9.10. The molecule has 0 radical (unpaired) electrons. The summed E-state index contributed by atoms with van der Waals surface area (Å²) in [5.74, 6) is 1.40. The van der Waals surface area contributed by atoms with Crippen LogP contribution >= 0.6 is 15.9 Å². The number of hydrogen-bond acceptors (Lipinski definition) is 3. The fourth-order valence-electron chi connectivity index (χ4n) is 2.32. The van der Waals surface area contributed by atoms with Crippen molar-refractivity contribution in [3.8, 4) is 22.4 Å². The minimum atomic E-state index is 0.482. The summed E-state index contributed by atoms with van der Waals surface area (Å²) in [7, 11) is 0. The fraction of sp³-hybridized carbons (Fsp3) is 0.133. The summed E-state index contributed by atoms with van der Waals surface area (Å²) in [6, 6.07) is 9.89. The predicted octanol–water partition coefficient (Wildman–Crippen LogP) is 4.24. The van der Waals surface area contributed by atoms with Gasteiger partial charge in [0, 0.05) is 22.0 Å². The number of nitrogens with zero attached hydrogens (tertiary/aromatic N) is 1. The van der Waals surface area contributed by atoms with Gasteiger partial charge in [-0.1, -0.05) is 41.1 Å². The van der Waals surface area contributed by atoms with Crippen LogP contribution in [0.4, 0.5) is 5.82 Å². The van der Waals surface area contributed by atoms with Crippen molar-refractivity contribution in [3.63, 3.8) is 0 Å². The van der Waals surface area contributed by atoms with Crippen LogP contribution in [0.3, 0.4) is 0 Å². The molecule has 0 bridgehead atoms. The molecule has 0 fully saturated rings. The van der Waals surface area contributed by atoms with E-state index in [1.807, 2.05) is 30.3 Å². The van der Waals surface area contributed by atoms with Gasteiger partial charge in [0.1, 0.15) is 5.76 Å². The number of halogens is 1. The van der Waals surface area contributed by atoms with Crippen molar-refractivity contribution in [1.82, 2.24) is 10.2 Å². The lowest BCUT2D eigenvalue weighted by atomic mass is 10.0. The van der Waals surface area contributed by atoms with Crippen LogP contribution in [0.15, 0.2) is 45.5 Å². The Bertz CT molecular complexity index is 745. The molecule has 0 amide bonds. The molecule has 0 aliphatic rings. The van der Waals surface area contributed by atoms with Crippen molar-refractivity contribution < 1.29 is 4.42 Å². The Kier molecular flexibility index (Phi) is 3.36. The van der Waals surface area contributed by atoms with E-state index in [1.54, 1.807) is 6.26 Å². The molecule has 3 rings (SSSR count). The minimum absolute atomic E-state index is 0.482. The second-order valence-corrected chi connectivity index (χ2v) is 5.30. The summed E-state index contributed by atoms with van der Waals surface area (Å²) in [6.07, 6.45) is 2.51. The number of aromatic nitrogens is 2. The van der Waals surface area contributed by atoms with Gasteiger partial charge in [-0.3, -0.25) is 5.10 Å². The van der Waals surface area contributed by atoms with Crippen molar-refractivity contribution in [2.75, 3.05) is 5.73 Å². The van der Waals surface area contributed by atoms with Crippen LogP contribution in [0.5, 0.6) is 0 Å². The van der Waals surface area contributed by atoms with E-state index in [9.17, 15) is 0 Å². The fourth-order valence-corrected chi connectivity index (χ4v) is 2.81. The quantitative estimate of drug-likeness (QED) is 0.754. The second-order valence-electron chi connectivity index (χ2n) is 4.45. The van der Waals surface area contributed by atoms with E-state index in [-0.39, 0.29) is 0 Å². The first-order chi connectivity index (χ1) is 9.72. The predicted molar refractivity (Wildman–Crippen MR) is 83.2 cm³/mol. The molecule has 0 saturated heterocycles. The first-order valence-corrected chi connectivity index (χ1v) is 7.17. The molecule has 0 saturated carbocycles. The van der Waals surface area contributed by atoms with Crippen molar-refractivity contribution >= 4 is 21.7 Å². The van der Waals surface area contributed by atoms with Crippen molar-refractivity contribution in [1.29, 1.82) is 0 Å². The highest BCUT2D eigenvalue weighted by Gasteiger charge is 2.19. The van der Waals surface area contributed by atoms with E-state index >= 15 is 0 Å². The molecule has 0 spiro atoms. The van der Waals surface area contributed by atoms with Crippen LogP contribution in [-0.2, 0) is 6.42 Å². The second kappa shape index (κ2) is 5.17. The molecule has 0 aliphatic heterocycles. The highest BCUT2D eigenvalue weighted by Crippen LogP contribution is 2.39. The number of benzene rings is 1. The summed E-state index contributed by atoms with van der Waals surface area (Å²) in [6.45, 7) is 2.06. The van der Waals surface area contributed by atoms with Crippen LogP contribution in [0.25, 0.3) is 22.4 Å². The standard InChI is InChI=1S/C15H14BrN3O/c1-2-12-10(7-8-20-12)14-13(15(17)19-18-14)9-5-3-4-6-11(9)16/h3-8H,2H2,1H3,(H3,17,18,19). The molecule has 2 aromatic heterocycles. The Balaban J connectivity index is 2.23. The third-order valence-electron chi connectivity index (χ3n) is 3.27. The molecule has 1 aromatic carbocycles. The minimum Gasteiger partial charge on any atom is -0.469 e. The van der Waals surface area contributed by atoms with Crippen LogP contribution < -0.4 is 5.73 Å². The number of nitrogen functional groups attached to an aromatic ring is 1. The first kappa shape index (κ1) is 13.0. The maximum Gasteiger partial charge on any atom is 0.153 e. The summed E-state index contributed by atoms with van der Waals surface area (Å²) < 4.78 is 6.48. The summed E-state index contributed by atoms with van der Waals surface area (Å²) >= 11 is 3.56. The maximum atomic E-state index is 6.05. The van der Waals surface area contributed by atoms with Gasteiger partial charge in [0.2, 0.25) is 0 Å². The Morgan fingerprint density at radius 2 is 2.05 bits per heavy atom.